The van der Waals surface area contributed by atoms with E-state index in [2.05, 4.69) is 10.1 Å². The minimum atomic E-state index is 0.786. The summed E-state index contributed by atoms with van der Waals surface area (Å²) in [6, 6.07) is 5.80. The van der Waals surface area contributed by atoms with Crippen molar-refractivity contribution in [2.45, 2.75) is 13.8 Å². The summed E-state index contributed by atoms with van der Waals surface area (Å²) < 4.78 is 13.0. The molecule has 1 aromatic carbocycles. The molecule has 5 nitrogen and oxygen atoms in total. The van der Waals surface area contributed by atoms with Gasteiger partial charge in [-0.25, -0.2) is 9.50 Å². The van der Waals surface area contributed by atoms with E-state index in [0.717, 1.165) is 43.7 Å². The van der Waals surface area contributed by atoms with Crippen LogP contribution in [0, 0.1) is 13.8 Å². The molecule has 0 N–H and O–H groups in total. The topological polar surface area (TPSA) is 52.6 Å². The largest absolute Gasteiger partial charge is 0.497 e. The summed E-state index contributed by atoms with van der Waals surface area (Å²) in [4.78, 5) is 5.47. The van der Waals surface area contributed by atoms with Gasteiger partial charge in [-0.3, -0.25) is 0 Å². The number of aromatic nitrogens is 3. The number of nitrogens with zero attached hydrogens (tertiary/aromatic N) is 3. The van der Waals surface area contributed by atoms with Crippen LogP contribution < -0.4 is 4.74 Å². The van der Waals surface area contributed by atoms with E-state index in [4.69, 9.17) is 9.15 Å². The van der Waals surface area contributed by atoms with Crippen molar-refractivity contribution in [3.05, 3.63) is 35.0 Å². The van der Waals surface area contributed by atoms with Gasteiger partial charge in [0.15, 0.2) is 5.76 Å². The van der Waals surface area contributed by atoms with Gasteiger partial charge in [0.25, 0.3) is 0 Å². The van der Waals surface area contributed by atoms with Crippen LogP contribution in [-0.4, -0.2) is 21.7 Å². The highest BCUT2D eigenvalue weighted by Crippen LogP contribution is 2.34. The highest BCUT2D eigenvalue weighted by molar-refractivity contribution is 7.16. The fourth-order valence-corrected chi connectivity index (χ4v) is 3.20. The molecular weight excluding hydrogens is 286 g/mol. The fourth-order valence-electron chi connectivity index (χ4n) is 2.48. The molecule has 0 atom stereocenters. The summed E-state index contributed by atoms with van der Waals surface area (Å²) in [5, 5.41) is 6.42. The molecule has 0 fully saturated rings. The quantitative estimate of drug-likeness (QED) is 0.564. The lowest BCUT2D eigenvalue weighted by Gasteiger charge is -1.97. The third-order valence-corrected chi connectivity index (χ3v) is 4.36. The van der Waals surface area contributed by atoms with Crippen molar-refractivity contribution in [2.75, 3.05) is 7.11 Å². The van der Waals surface area contributed by atoms with Crippen LogP contribution in [0.4, 0.5) is 0 Å². The van der Waals surface area contributed by atoms with Crippen molar-refractivity contribution >= 4 is 27.3 Å². The van der Waals surface area contributed by atoms with Crippen LogP contribution >= 0.6 is 11.3 Å². The van der Waals surface area contributed by atoms with Crippen LogP contribution in [0.25, 0.3) is 27.4 Å². The lowest BCUT2D eigenvalue weighted by molar-refractivity contribution is 0.415. The monoisotopic (exact) mass is 299 g/mol. The van der Waals surface area contributed by atoms with Gasteiger partial charge in [-0.1, -0.05) is 11.3 Å². The van der Waals surface area contributed by atoms with Crippen molar-refractivity contribution in [3.8, 4) is 17.2 Å². The van der Waals surface area contributed by atoms with Gasteiger partial charge in [0.1, 0.15) is 22.0 Å². The molecule has 0 spiro atoms. The predicted octanol–water partition coefficient (Wildman–Crippen LogP) is 3.83. The number of hydrogen-bond donors (Lipinski definition) is 0. The second-order valence-corrected chi connectivity index (χ2v) is 6.05. The van der Waals surface area contributed by atoms with Crippen LogP contribution in [0.3, 0.4) is 0 Å². The molecular formula is C15H13N3O2S. The number of furan rings is 1. The van der Waals surface area contributed by atoms with Gasteiger partial charge < -0.3 is 9.15 Å². The molecule has 0 aliphatic carbocycles. The van der Waals surface area contributed by atoms with E-state index in [9.17, 15) is 0 Å². The number of rotatable bonds is 2. The highest BCUT2D eigenvalue weighted by atomic mass is 32.1. The van der Waals surface area contributed by atoms with Gasteiger partial charge in [-0.2, -0.15) is 5.10 Å². The van der Waals surface area contributed by atoms with E-state index in [1.54, 1.807) is 23.0 Å². The van der Waals surface area contributed by atoms with Crippen molar-refractivity contribution in [3.63, 3.8) is 0 Å². The second-order valence-electron chi connectivity index (χ2n) is 4.89. The van der Waals surface area contributed by atoms with Crippen molar-refractivity contribution in [2.24, 2.45) is 0 Å². The Bertz CT molecular complexity index is 933. The molecule has 3 heterocycles. The van der Waals surface area contributed by atoms with Gasteiger partial charge in [0.2, 0.25) is 4.96 Å². The Morgan fingerprint density at radius 3 is 2.90 bits per heavy atom. The number of imidazole rings is 1. The normalized spacial score (nSPS) is 11.6. The number of hydrogen-bond acceptors (Lipinski definition) is 5. The van der Waals surface area contributed by atoms with Crippen molar-refractivity contribution in [1.29, 1.82) is 0 Å². The summed E-state index contributed by atoms with van der Waals surface area (Å²) in [5.41, 5.74) is 2.71. The van der Waals surface area contributed by atoms with Gasteiger partial charge in [-0.15, -0.1) is 0 Å². The van der Waals surface area contributed by atoms with E-state index < -0.39 is 0 Å². The smallest absolute Gasteiger partial charge is 0.212 e. The first-order valence-corrected chi connectivity index (χ1v) is 7.37. The van der Waals surface area contributed by atoms with E-state index >= 15 is 0 Å². The predicted molar refractivity (Wildman–Crippen MR) is 82.1 cm³/mol. The molecule has 0 amide bonds. The van der Waals surface area contributed by atoms with Gasteiger partial charge in [-0.05, 0) is 32.0 Å². The second kappa shape index (κ2) is 4.33. The molecule has 0 unspecified atom stereocenters. The number of fused-ring (bicyclic) bond motifs is 2. The summed E-state index contributed by atoms with van der Waals surface area (Å²) in [6.07, 6.45) is 1.90. The molecule has 6 heteroatoms. The maximum Gasteiger partial charge on any atom is 0.212 e. The number of methoxy groups -OCH3 is 1. The Morgan fingerprint density at radius 1 is 1.29 bits per heavy atom. The summed E-state index contributed by atoms with van der Waals surface area (Å²) in [6.45, 7) is 4.00. The molecule has 0 radical (unpaired) electrons. The zero-order chi connectivity index (χ0) is 14.6. The van der Waals surface area contributed by atoms with Gasteiger partial charge in [0, 0.05) is 10.9 Å². The summed E-state index contributed by atoms with van der Waals surface area (Å²) >= 11 is 1.57. The number of aryl methyl sites for hydroxylation is 2. The lowest BCUT2D eigenvalue weighted by atomic mass is 10.1. The Hall–Kier alpha value is -2.34. The van der Waals surface area contributed by atoms with Gasteiger partial charge in [0.05, 0.1) is 13.3 Å². The molecule has 0 saturated heterocycles. The Kier molecular flexibility index (Phi) is 2.56. The maximum atomic E-state index is 5.96. The highest BCUT2D eigenvalue weighted by Gasteiger charge is 2.17. The van der Waals surface area contributed by atoms with E-state index in [0.29, 0.717) is 0 Å². The van der Waals surface area contributed by atoms with Gasteiger partial charge >= 0.3 is 0 Å². The molecule has 0 bridgehead atoms. The Balaban J connectivity index is 1.92. The zero-order valence-corrected chi connectivity index (χ0v) is 12.7. The first-order valence-electron chi connectivity index (χ1n) is 6.56. The molecule has 0 saturated carbocycles. The van der Waals surface area contributed by atoms with Crippen molar-refractivity contribution in [1.82, 2.24) is 14.6 Å². The first kappa shape index (κ1) is 12.4. The minimum absolute atomic E-state index is 0.786. The minimum Gasteiger partial charge on any atom is -0.497 e. The van der Waals surface area contributed by atoms with Crippen molar-refractivity contribution < 1.29 is 9.15 Å². The van der Waals surface area contributed by atoms with E-state index in [-0.39, 0.29) is 0 Å². The number of ether oxygens (including phenoxy) is 1. The third kappa shape index (κ3) is 1.83. The molecule has 106 valence electrons. The Morgan fingerprint density at radius 2 is 2.14 bits per heavy atom. The van der Waals surface area contributed by atoms with Crippen LogP contribution in [0.1, 0.15) is 10.6 Å². The molecule has 21 heavy (non-hydrogen) atoms. The average molecular weight is 299 g/mol. The SMILES string of the molecule is COc1ccc2oc(-c3cn4nc(C)sc4n3)c(C)c2c1. The molecule has 0 aliphatic rings. The van der Waals surface area contributed by atoms with Crippen LogP contribution in [0.15, 0.2) is 28.8 Å². The summed E-state index contributed by atoms with van der Waals surface area (Å²) in [7, 11) is 1.66. The van der Waals surface area contributed by atoms with E-state index in [1.807, 2.05) is 38.2 Å². The Labute approximate surface area is 124 Å². The summed E-state index contributed by atoms with van der Waals surface area (Å²) in [5.74, 6) is 1.61. The molecule has 4 aromatic rings. The van der Waals surface area contributed by atoms with Crippen LogP contribution in [-0.2, 0) is 0 Å². The average Bonchev–Trinajstić information content (AvgIpc) is 3.10. The van der Waals surface area contributed by atoms with Crippen LogP contribution in [0.5, 0.6) is 5.75 Å². The third-order valence-electron chi connectivity index (χ3n) is 3.52. The maximum absolute atomic E-state index is 5.96. The fraction of sp³-hybridized carbons (Fsp3) is 0.200. The lowest BCUT2D eigenvalue weighted by Crippen LogP contribution is -1.82. The molecule has 4 rings (SSSR count). The standard InChI is InChI=1S/C15H13N3O2S/c1-8-11-6-10(19-3)4-5-13(11)20-14(8)12-7-18-15(16-12)21-9(2)17-18/h4-7H,1-3H3. The van der Waals surface area contributed by atoms with E-state index in [1.165, 1.54) is 0 Å². The molecule has 3 aromatic heterocycles. The van der Waals surface area contributed by atoms with Crippen LogP contribution in [0.2, 0.25) is 0 Å². The first-order chi connectivity index (χ1) is 10.2. The molecule has 0 aliphatic heterocycles. The number of benzene rings is 1. The zero-order valence-electron chi connectivity index (χ0n) is 11.9.